The summed E-state index contributed by atoms with van der Waals surface area (Å²) in [7, 11) is 0. The molecule has 1 amide bonds. The van der Waals surface area contributed by atoms with Gasteiger partial charge in [-0.1, -0.05) is 31.9 Å². The molecule has 0 saturated carbocycles. The number of benzene rings is 1. The second kappa shape index (κ2) is 8.53. The molecule has 1 unspecified atom stereocenters. The topological polar surface area (TPSA) is 90.0 Å². The Bertz CT molecular complexity index is 804. The quantitative estimate of drug-likeness (QED) is 0.801. The first-order valence-electron chi connectivity index (χ1n) is 8.34. The van der Waals surface area contributed by atoms with E-state index in [2.05, 4.69) is 10.4 Å². The van der Waals surface area contributed by atoms with Gasteiger partial charge in [0.2, 0.25) is 5.43 Å². The molecule has 0 aliphatic rings. The average Bonchev–Trinajstić information content (AvgIpc) is 2.59. The Hall–Kier alpha value is -2.54. The molecule has 25 heavy (non-hydrogen) atoms. The summed E-state index contributed by atoms with van der Waals surface area (Å²) in [4.78, 5) is 24.6. The lowest BCUT2D eigenvalue weighted by molar-refractivity contribution is 0.0927. The van der Waals surface area contributed by atoms with Crippen molar-refractivity contribution in [3.05, 3.63) is 57.8 Å². The zero-order valence-corrected chi connectivity index (χ0v) is 14.5. The summed E-state index contributed by atoms with van der Waals surface area (Å²) in [6.45, 7) is 3.95. The van der Waals surface area contributed by atoms with Crippen LogP contribution >= 0.6 is 0 Å². The minimum Gasteiger partial charge on any atom is -0.347 e. The number of amides is 1. The van der Waals surface area contributed by atoms with Crippen LogP contribution < -0.4 is 16.5 Å². The van der Waals surface area contributed by atoms with E-state index in [1.54, 1.807) is 19.1 Å². The third-order valence-corrected chi connectivity index (χ3v) is 3.93. The molecule has 1 aromatic carbocycles. The largest absolute Gasteiger partial charge is 0.347 e. The van der Waals surface area contributed by atoms with Crippen molar-refractivity contribution >= 4 is 5.91 Å². The van der Waals surface area contributed by atoms with E-state index in [4.69, 9.17) is 5.73 Å². The maximum absolute atomic E-state index is 14.0. The number of carbonyl (C=O) groups is 1. The van der Waals surface area contributed by atoms with Gasteiger partial charge < -0.3 is 11.1 Å². The van der Waals surface area contributed by atoms with Gasteiger partial charge in [0.25, 0.3) is 5.91 Å². The molecule has 2 rings (SSSR count). The molecule has 1 aromatic heterocycles. The number of hydrogen-bond donors (Lipinski definition) is 2. The van der Waals surface area contributed by atoms with Gasteiger partial charge in [0.05, 0.1) is 0 Å². The van der Waals surface area contributed by atoms with Crippen LogP contribution in [0.3, 0.4) is 0 Å². The molecular formula is C18H23FN4O2. The zero-order chi connectivity index (χ0) is 18.4. The van der Waals surface area contributed by atoms with Crippen molar-refractivity contribution < 1.29 is 9.18 Å². The summed E-state index contributed by atoms with van der Waals surface area (Å²) in [6.07, 6.45) is 2.63. The second-order valence-electron chi connectivity index (χ2n) is 5.91. The van der Waals surface area contributed by atoms with Crippen LogP contribution in [0.15, 0.2) is 35.1 Å². The Balaban J connectivity index is 2.35. The standard InChI is InChI=1S/C18H23FN4O2/c1-3-4-7-13(11-20)21-18(25)17-16(24)10-12(2)23(22-17)15-9-6-5-8-14(15)19/h5-6,8-10,13H,3-4,7,11,20H2,1-2H3,(H,21,25). The van der Waals surface area contributed by atoms with Gasteiger partial charge >= 0.3 is 0 Å². The molecule has 1 atom stereocenters. The number of nitrogens with zero attached hydrogens (tertiary/aromatic N) is 2. The van der Waals surface area contributed by atoms with E-state index in [1.165, 1.54) is 22.9 Å². The molecule has 6 nitrogen and oxygen atoms in total. The molecule has 1 heterocycles. The number of unbranched alkanes of at least 4 members (excludes halogenated alkanes) is 1. The van der Waals surface area contributed by atoms with E-state index in [0.717, 1.165) is 19.3 Å². The van der Waals surface area contributed by atoms with E-state index < -0.39 is 17.2 Å². The molecular weight excluding hydrogens is 323 g/mol. The number of halogens is 1. The molecule has 0 aliphatic heterocycles. The number of carbonyl (C=O) groups excluding carboxylic acids is 1. The monoisotopic (exact) mass is 346 g/mol. The van der Waals surface area contributed by atoms with Crippen LogP contribution in [0.1, 0.15) is 42.4 Å². The Labute approximate surface area is 145 Å². The van der Waals surface area contributed by atoms with E-state index in [0.29, 0.717) is 5.69 Å². The van der Waals surface area contributed by atoms with Crippen LogP contribution in [0.25, 0.3) is 5.69 Å². The van der Waals surface area contributed by atoms with Crippen molar-refractivity contribution in [2.24, 2.45) is 5.73 Å². The fraction of sp³-hybridized carbons (Fsp3) is 0.389. The van der Waals surface area contributed by atoms with Crippen molar-refractivity contribution in [2.75, 3.05) is 6.54 Å². The molecule has 0 bridgehead atoms. The normalized spacial score (nSPS) is 12.0. The average molecular weight is 346 g/mol. The number of para-hydroxylation sites is 1. The molecule has 3 N–H and O–H groups in total. The summed E-state index contributed by atoms with van der Waals surface area (Å²) in [5, 5.41) is 6.82. The van der Waals surface area contributed by atoms with Crippen molar-refractivity contribution in [3.63, 3.8) is 0 Å². The van der Waals surface area contributed by atoms with Crippen molar-refractivity contribution in [2.45, 2.75) is 39.2 Å². The second-order valence-corrected chi connectivity index (χ2v) is 5.91. The maximum atomic E-state index is 14.0. The molecule has 0 saturated heterocycles. The lowest BCUT2D eigenvalue weighted by atomic mass is 10.1. The minimum absolute atomic E-state index is 0.176. The van der Waals surface area contributed by atoms with E-state index in [1.807, 2.05) is 6.92 Å². The van der Waals surface area contributed by atoms with E-state index >= 15 is 0 Å². The van der Waals surface area contributed by atoms with Gasteiger partial charge in [-0.3, -0.25) is 9.59 Å². The van der Waals surface area contributed by atoms with Crippen LogP contribution in [-0.2, 0) is 0 Å². The third kappa shape index (κ3) is 4.51. The zero-order valence-electron chi connectivity index (χ0n) is 14.5. The fourth-order valence-corrected chi connectivity index (χ4v) is 2.53. The molecule has 7 heteroatoms. The van der Waals surface area contributed by atoms with Crippen molar-refractivity contribution in [1.82, 2.24) is 15.1 Å². The molecule has 134 valence electrons. The molecule has 0 fully saturated rings. The van der Waals surface area contributed by atoms with Gasteiger partial charge in [-0.2, -0.15) is 5.10 Å². The number of hydrogen-bond acceptors (Lipinski definition) is 4. The number of nitrogens with one attached hydrogen (secondary N) is 1. The first-order chi connectivity index (χ1) is 12.0. The predicted octanol–water partition coefficient (Wildman–Crippen LogP) is 1.93. The lowest BCUT2D eigenvalue weighted by Crippen LogP contribution is -2.42. The van der Waals surface area contributed by atoms with Gasteiger partial charge in [-0.25, -0.2) is 9.07 Å². The van der Waals surface area contributed by atoms with Gasteiger partial charge in [-0.05, 0) is 25.5 Å². The summed E-state index contributed by atoms with van der Waals surface area (Å²) < 4.78 is 15.3. The van der Waals surface area contributed by atoms with Crippen LogP contribution in [0, 0.1) is 12.7 Å². The molecule has 0 spiro atoms. The molecule has 0 aliphatic carbocycles. The van der Waals surface area contributed by atoms with Crippen LogP contribution in [-0.4, -0.2) is 28.3 Å². The smallest absolute Gasteiger partial charge is 0.276 e. The summed E-state index contributed by atoms with van der Waals surface area (Å²) in [5.74, 6) is -1.09. The number of aromatic nitrogens is 2. The lowest BCUT2D eigenvalue weighted by Gasteiger charge is -2.17. The van der Waals surface area contributed by atoms with Gasteiger partial charge in [-0.15, -0.1) is 0 Å². The van der Waals surface area contributed by atoms with Crippen LogP contribution in [0.5, 0.6) is 0 Å². The van der Waals surface area contributed by atoms with Gasteiger partial charge in [0.15, 0.2) is 5.69 Å². The highest BCUT2D eigenvalue weighted by Crippen LogP contribution is 2.13. The SMILES string of the molecule is CCCCC(CN)NC(=O)c1nn(-c2ccccc2F)c(C)cc1=O. The Kier molecular flexibility index (Phi) is 6.41. The minimum atomic E-state index is -0.596. The number of aryl methyl sites for hydroxylation is 1. The number of nitrogens with two attached hydrogens (primary N) is 1. The molecule has 2 aromatic rings. The van der Waals surface area contributed by atoms with E-state index in [-0.39, 0.29) is 24.0 Å². The highest BCUT2D eigenvalue weighted by molar-refractivity contribution is 5.92. The van der Waals surface area contributed by atoms with Gasteiger partial charge in [0.1, 0.15) is 11.5 Å². The first kappa shape index (κ1) is 18.8. The third-order valence-electron chi connectivity index (χ3n) is 3.93. The fourth-order valence-electron chi connectivity index (χ4n) is 2.53. The van der Waals surface area contributed by atoms with Crippen LogP contribution in [0.4, 0.5) is 4.39 Å². The van der Waals surface area contributed by atoms with Gasteiger partial charge in [0, 0.05) is 24.3 Å². The van der Waals surface area contributed by atoms with Crippen LogP contribution in [0.2, 0.25) is 0 Å². The molecule has 0 radical (unpaired) electrons. The highest BCUT2D eigenvalue weighted by atomic mass is 19.1. The van der Waals surface area contributed by atoms with Crippen molar-refractivity contribution in [1.29, 1.82) is 0 Å². The predicted molar refractivity (Wildman–Crippen MR) is 94.4 cm³/mol. The van der Waals surface area contributed by atoms with E-state index in [9.17, 15) is 14.0 Å². The first-order valence-corrected chi connectivity index (χ1v) is 8.34. The summed E-state index contributed by atoms with van der Waals surface area (Å²) in [6, 6.07) is 7.10. The highest BCUT2D eigenvalue weighted by Gasteiger charge is 2.19. The Morgan fingerprint density at radius 2 is 2.12 bits per heavy atom. The maximum Gasteiger partial charge on any atom is 0.276 e. The number of rotatable bonds is 7. The Morgan fingerprint density at radius 1 is 1.40 bits per heavy atom. The van der Waals surface area contributed by atoms with Crippen molar-refractivity contribution in [3.8, 4) is 5.69 Å². The summed E-state index contributed by atoms with van der Waals surface area (Å²) in [5.41, 5.74) is 5.51. The Morgan fingerprint density at radius 3 is 2.76 bits per heavy atom. The summed E-state index contributed by atoms with van der Waals surface area (Å²) >= 11 is 0.